The lowest BCUT2D eigenvalue weighted by molar-refractivity contribution is 0.102. The van der Waals surface area contributed by atoms with E-state index in [1.54, 1.807) is 0 Å². The van der Waals surface area contributed by atoms with Crippen molar-refractivity contribution in [2.75, 3.05) is 5.32 Å². The Labute approximate surface area is 214 Å². The van der Waals surface area contributed by atoms with E-state index in [9.17, 15) is 4.79 Å². The Bertz CT molecular complexity index is 1440. The van der Waals surface area contributed by atoms with Gasteiger partial charge in [0.1, 0.15) is 0 Å². The van der Waals surface area contributed by atoms with Crippen LogP contribution >= 0.6 is 7.92 Å². The lowest BCUT2D eigenvalue weighted by Gasteiger charge is -2.23. The third-order valence-electron chi connectivity index (χ3n) is 6.19. The second-order valence-electron chi connectivity index (χ2n) is 8.89. The van der Waals surface area contributed by atoms with E-state index in [-0.39, 0.29) is 5.91 Å². The third kappa shape index (κ3) is 5.15. The summed E-state index contributed by atoms with van der Waals surface area (Å²) in [4.78, 5) is 13.5. The number of hydrogen-bond donors (Lipinski definition) is 1. The van der Waals surface area contributed by atoms with Crippen molar-refractivity contribution in [1.82, 2.24) is 0 Å². The minimum absolute atomic E-state index is 0.104. The number of benzene rings is 5. The second-order valence-corrected chi connectivity index (χ2v) is 11.1. The summed E-state index contributed by atoms with van der Waals surface area (Å²) in [5.74, 6) is -0.104. The molecule has 2 nitrogen and oxygen atoms in total. The fraction of sp³-hybridized carbons (Fsp3) is 0.0606. The number of aryl methyl sites for hydroxylation is 2. The van der Waals surface area contributed by atoms with Crippen LogP contribution in [0.5, 0.6) is 0 Å². The largest absolute Gasteiger partial charge is 0.322 e. The molecule has 5 aromatic carbocycles. The van der Waals surface area contributed by atoms with E-state index in [0.29, 0.717) is 5.56 Å². The topological polar surface area (TPSA) is 29.1 Å². The van der Waals surface area contributed by atoms with Gasteiger partial charge in [-0.05, 0) is 67.0 Å². The van der Waals surface area contributed by atoms with Crippen LogP contribution in [0.25, 0.3) is 11.1 Å². The molecule has 0 atom stereocenters. The number of rotatable bonds is 6. The first-order valence-corrected chi connectivity index (χ1v) is 13.4. The molecule has 1 amide bonds. The molecule has 5 aromatic rings. The fourth-order valence-corrected chi connectivity index (χ4v) is 6.86. The predicted octanol–water partition coefficient (Wildman–Crippen LogP) is 6.98. The van der Waals surface area contributed by atoms with Gasteiger partial charge in [-0.3, -0.25) is 4.79 Å². The molecular weight excluding hydrogens is 457 g/mol. The second kappa shape index (κ2) is 10.7. The molecule has 0 spiro atoms. The predicted molar refractivity (Wildman–Crippen MR) is 154 cm³/mol. The van der Waals surface area contributed by atoms with Crippen LogP contribution in [-0.2, 0) is 0 Å². The molecule has 5 rings (SSSR count). The van der Waals surface area contributed by atoms with Crippen molar-refractivity contribution >= 4 is 35.4 Å². The maximum atomic E-state index is 13.5. The van der Waals surface area contributed by atoms with Crippen molar-refractivity contribution in [3.05, 3.63) is 144 Å². The molecule has 0 aliphatic rings. The number of carbonyl (C=O) groups excluding carboxylic acids is 1. The molecule has 3 heteroatoms. The Morgan fingerprint density at radius 3 is 1.78 bits per heavy atom. The molecule has 0 aliphatic carbocycles. The van der Waals surface area contributed by atoms with Crippen LogP contribution in [0.4, 0.5) is 5.69 Å². The van der Waals surface area contributed by atoms with Gasteiger partial charge >= 0.3 is 0 Å². The van der Waals surface area contributed by atoms with E-state index in [1.807, 2.05) is 43.3 Å². The van der Waals surface area contributed by atoms with Gasteiger partial charge in [-0.2, -0.15) is 0 Å². The van der Waals surface area contributed by atoms with Crippen molar-refractivity contribution in [3.63, 3.8) is 0 Å². The van der Waals surface area contributed by atoms with E-state index >= 15 is 0 Å². The average molecular weight is 486 g/mol. The van der Waals surface area contributed by atoms with Crippen LogP contribution in [0.2, 0.25) is 0 Å². The van der Waals surface area contributed by atoms with Gasteiger partial charge in [0, 0.05) is 11.3 Å². The summed E-state index contributed by atoms with van der Waals surface area (Å²) in [5, 5.41) is 6.89. The minimum Gasteiger partial charge on any atom is -0.322 e. The Morgan fingerprint density at radius 1 is 0.583 bits per heavy atom. The van der Waals surface area contributed by atoms with Gasteiger partial charge in [0.15, 0.2) is 0 Å². The van der Waals surface area contributed by atoms with Crippen LogP contribution in [-0.4, -0.2) is 5.91 Å². The van der Waals surface area contributed by atoms with Gasteiger partial charge in [-0.15, -0.1) is 0 Å². The van der Waals surface area contributed by atoms with Gasteiger partial charge < -0.3 is 5.32 Å². The average Bonchev–Trinajstić information content (AvgIpc) is 2.91. The summed E-state index contributed by atoms with van der Waals surface area (Å²) in [6.07, 6.45) is 0. The lowest BCUT2D eigenvalue weighted by Crippen LogP contribution is -2.23. The van der Waals surface area contributed by atoms with Crippen LogP contribution < -0.4 is 21.2 Å². The molecule has 0 fully saturated rings. The summed E-state index contributed by atoms with van der Waals surface area (Å²) in [6.45, 7) is 4.11. The molecule has 0 saturated carbocycles. The van der Waals surface area contributed by atoms with Crippen LogP contribution in [0, 0.1) is 13.8 Å². The Hall–Kier alpha value is -4.00. The number of nitrogens with one attached hydrogen (secondary N) is 1. The van der Waals surface area contributed by atoms with Crippen molar-refractivity contribution in [2.24, 2.45) is 0 Å². The summed E-state index contributed by atoms with van der Waals surface area (Å²) >= 11 is 0. The molecule has 36 heavy (non-hydrogen) atoms. The zero-order valence-corrected chi connectivity index (χ0v) is 21.4. The maximum Gasteiger partial charge on any atom is 0.256 e. The Kier molecular flexibility index (Phi) is 7.07. The van der Waals surface area contributed by atoms with Crippen molar-refractivity contribution in [3.8, 4) is 11.1 Å². The molecule has 0 aliphatic heterocycles. The highest BCUT2D eigenvalue weighted by atomic mass is 31.1. The first-order chi connectivity index (χ1) is 17.6. The molecule has 0 aromatic heterocycles. The molecule has 0 heterocycles. The fourth-order valence-electron chi connectivity index (χ4n) is 4.39. The molecule has 0 unspecified atom stereocenters. The first kappa shape index (κ1) is 23.7. The van der Waals surface area contributed by atoms with Crippen molar-refractivity contribution in [2.45, 2.75) is 13.8 Å². The highest BCUT2D eigenvalue weighted by Crippen LogP contribution is 2.38. The molecule has 0 radical (unpaired) electrons. The number of hydrogen-bond acceptors (Lipinski definition) is 1. The van der Waals surface area contributed by atoms with Gasteiger partial charge in [-0.1, -0.05) is 120 Å². The van der Waals surface area contributed by atoms with E-state index in [0.717, 1.165) is 27.9 Å². The summed E-state index contributed by atoms with van der Waals surface area (Å²) in [5.41, 5.74) is 5.79. The van der Waals surface area contributed by atoms with Crippen LogP contribution in [0.15, 0.2) is 127 Å². The monoisotopic (exact) mass is 485 g/mol. The van der Waals surface area contributed by atoms with Gasteiger partial charge in [-0.25, -0.2) is 0 Å². The van der Waals surface area contributed by atoms with E-state index in [1.165, 1.54) is 15.9 Å². The molecule has 1 N–H and O–H groups in total. The Morgan fingerprint density at radius 2 is 1.14 bits per heavy atom. The van der Waals surface area contributed by atoms with E-state index < -0.39 is 7.92 Å². The summed E-state index contributed by atoms with van der Waals surface area (Å²) < 4.78 is 0. The lowest BCUT2D eigenvalue weighted by atomic mass is 9.97. The van der Waals surface area contributed by atoms with Gasteiger partial charge in [0.2, 0.25) is 0 Å². The zero-order valence-electron chi connectivity index (χ0n) is 20.5. The standard InChI is InChI=1S/C33H28NOP/c1-24-17-20-26(21-18-24)34-33(35)30-22-19-25(2)23-31(30)29-15-9-10-16-32(29)36(27-11-5-3-6-12-27)28-13-7-4-8-14-28/h3-23H,1-2H3,(H,34,35). The maximum absolute atomic E-state index is 13.5. The highest BCUT2D eigenvalue weighted by molar-refractivity contribution is 7.80. The number of anilines is 1. The molecular formula is C33H28NOP. The Balaban J connectivity index is 1.64. The third-order valence-corrected chi connectivity index (χ3v) is 8.69. The van der Waals surface area contributed by atoms with E-state index in [2.05, 4.69) is 103 Å². The zero-order chi connectivity index (χ0) is 24.9. The molecule has 0 saturated heterocycles. The van der Waals surface area contributed by atoms with Crippen LogP contribution in [0.3, 0.4) is 0 Å². The normalized spacial score (nSPS) is 10.9. The highest BCUT2D eigenvalue weighted by Gasteiger charge is 2.22. The number of amides is 1. The minimum atomic E-state index is -0.815. The summed E-state index contributed by atoms with van der Waals surface area (Å²) in [6, 6.07) is 43.8. The summed E-state index contributed by atoms with van der Waals surface area (Å²) in [7, 11) is -0.815. The molecule has 0 bridgehead atoms. The number of carbonyl (C=O) groups is 1. The van der Waals surface area contributed by atoms with Gasteiger partial charge in [0.25, 0.3) is 5.91 Å². The van der Waals surface area contributed by atoms with E-state index in [4.69, 9.17) is 0 Å². The first-order valence-electron chi connectivity index (χ1n) is 12.1. The quantitative estimate of drug-likeness (QED) is 0.258. The van der Waals surface area contributed by atoms with Gasteiger partial charge in [0.05, 0.1) is 0 Å². The van der Waals surface area contributed by atoms with Crippen LogP contribution in [0.1, 0.15) is 21.5 Å². The molecule has 176 valence electrons. The van der Waals surface area contributed by atoms with Crippen molar-refractivity contribution < 1.29 is 4.79 Å². The van der Waals surface area contributed by atoms with Crippen molar-refractivity contribution in [1.29, 1.82) is 0 Å². The SMILES string of the molecule is Cc1ccc(NC(=O)c2ccc(C)cc2-c2ccccc2P(c2ccccc2)c2ccccc2)cc1. The smallest absolute Gasteiger partial charge is 0.256 e.